The van der Waals surface area contributed by atoms with Crippen LogP contribution < -0.4 is 0 Å². The second kappa shape index (κ2) is 5.02. The minimum Gasteiger partial charge on any atom is -0.206 e. The first kappa shape index (κ1) is 13.3. The van der Waals surface area contributed by atoms with Crippen LogP contribution in [-0.2, 0) is 12.8 Å². The van der Waals surface area contributed by atoms with Crippen LogP contribution in [0, 0.1) is 19.7 Å². The van der Waals surface area contributed by atoms with Crippen LogP contribution in [0.3, 0.4) is 0 Å². The summed E-state index contributed by atoms with van der Waals surface area (Å²) in [5, 5.41) is 0. The van der Waals surface area contributed by atoms with Gasteiger partial charge >= 0.3 is 0 Å². The van der Waals surface area contributed by atoms with Gasteiger partial charge in [0.15, 0.2) is 0 Å². The molecular formula is C16H16BrFS. The van der Waals surface area contributed by atoms with Crippen molar-refractivity contribution < 1.29 is 4.39 Å². The maximum atomic E-state index is 13.7. The van der Waals surface area contributed by atoms with Crippen LogP contribution >= 0.6 is 27.3 Å². The van der Waals surface area contributed by atoms with E-state index in [1.165, 1.54) is 34.6 Å². The molecule has 3 rings (SSSR count). The summed E-state index contributed by atoms with van der Waals surface area (Å²) in [6.07, 6.45) is 3.73. The Morgan fingerprint density at radius 3 is 2.47 bits per heavy atom. The molecule has 0 saturated carbocycles. The predicted octanol–water partition coefficient (Wildman–Crippen LogP) is 5.48. The first-order valence-electron chi connectivity index (χ1n) is 6.58. The molecule has 0 aliphatic heterocycles. The van der Waals surface area contributed by atoms with Crippen LogP contribution in [0.15, 0.2) is 18.2 Å². The minimum absolute atomic E-state index is 0.0860. The van der Waals surface area contributed by atoms with Gasteiger partial charge < -0.3 is 0 Å². The Morgan fingerprint density at radius 2 is 1.84 bits per heavy atom. The van der Waals surface area contributed by atoms with E-state index in [1.807, 2.05) is 37.3 Å². The van der Waals surface area contributed by atoms with Crippen molar-refractivity contribution in [2.24, 2.45) is 0 Å². The largest absolute Gasteiger partial charge is 0.206 e. The molecule has 0 saturated heterocycles. The summed E-state index contributed by atoms with van der Waals surface area (Å²) in [4.78, 5) is 3.06. The zero-order valence-corrected chi connectivity index (χ0v) is 13.5. The smallest absolute Gasteiger partial charge is 0.129 e. The zero-order chi connectivity index (χ0) is 13.6. The Balaban J connectivity index is 1.97. The fourth-order valence-corrected chi connectivity index (χ4v) is 4.71. The highest BCUT2D eigenvalue weighted by molar-refractivity contribution is 9.09. The van der Waals surface area contributed by atoms with Crippen LogP contribution in [-0.4, -0.2) is 0 Å². The lowest BCUT2D eigenvalue weighted by Crippen LogP contribution is -1.96. The fraction of sp³-hybridized carbons (Fsp3) is 0.375. The normalized spacial score (nSPS) is 15.6. The summed E-state index contributed by atoms with van der Waals surface area (Å²) in [7, 11) is 0. The second-order valence-electron chi connectivity index (χ2n) is 5.28. The maximum absolute atomic E-state index is 13.7. The highest BCUT2D eigenvalue weighted by Crippen LogP contribution is 2.40. The van der Waals surface area contributed by atoms with E-state index >= 15 is 0 Å². The number of halogens is 2. The molecule has 0 radical (unpaired) electrons. The third-order valence-corrected chi connectivity index (χ3v) is 6.39. The molecular weight excluding hydrogens is 323 g/mol. The molecule has 0 amide bonds. The SMILES string of the molecule is Cc1cc(C(Br)c2cc3c(s2)CCC3)cc(C)c1F. The van der Waals surface area contributed by atoms with Crippen LogP contribution in [0.1, 0.15) is 43.3 Å². The highest BCUT2D eigenvalue weighted by atomic mass is 79.9. The summed E-state index contributed by atoms with van der Waals surface area (Å²) in [6.45, 7) is 3.67. The summed E-state index contributed by atoms with van der Waals surface area (Å²) < 4.78 is 13.7. The van der Waals surface area contributed by atoms with Gasteiger partial charge in [-0.25, -0.2) is 4.39 Å². The van der Waals surface area contributed by atoms with Crippen LogP contribution in [0.2, 0.25) is 0 Å². The number of hydrogen-bond donors (Lipinski definition) is 0. The average Bonchev–Trinajstić information content (AvgIpc) is 2.94. The molecule has 0 bridgehead atoms. The number of benzene rings is 1. The highest BCUT2D eigenvalue weighted by Gasteiger charge is 2.20. The molecule has 1 aromatic heterocycles. The van der Waals surface area contributed by atoms with Gasteiger partial charge in [0.2, 0.25) is 0 Å². The molecule has 0 nitrogen and oxygen atoms in total. The lowest BCUT2D eigenvalue weighted by atomic mass is 10.0. The van der Waals surface area contributed by atoms with Crippen molar-refractivity contribution in [3.05, 3.63) is 56.0 Å². The molecule has 100 valence electrons. The molecule has 0 N–H and O–H groups in total. The van der Waals surface area contributed by atoms with Gasteiger partial charge in [-0.2, -0.15) is 0 Å². The first-order chi connectivity index (χ1) is 9.06. The molecule has 1 aromatic carbocycles. The Hall–Kier alpha value is -0.670. The van der Waals surface area contributed by atoms with Crippen molar-refractivity contribution in [1.82, 2.24) is 0 Å². The second-order valence-corrected chi connectivity index (χ2v) is 7.37. The third kappa shape index (κ3) is 2.38. The quantitative estimate of drug-likeness (QED) is 0.636. The Kier molecular flexibility index (Phi) is 3.52. The van der Waals surface area contributed by atoms with Crippen LogP contribution in [0.4, 0.5) is 4.39 Å². The third-order valence-electron chi connectivity index (χ3n) is 3.77. The molecule has 1 aliphatic carbocycles. The predicted molar refractivity (Wildman–Crippen MR) is 83.0 cm³/mol. The van der Waals surface area contributed by atoms with E-state index in [4.69, 9.17) is 0 Å². The molecule has 0 spiro atoms. The van der Waals surface area contributed by atoms with E-state index in [0.29, 0.717) is 0 Å². The van der Waals surface area contributed by atoms with E-state index < -0.39 is 0 Å². The van der Waals surface area contributed by atoms with Crippen molar-refractivity contribution in [1.29, 1.82) is 0 Å². The van der Waals surface area contributed by atoms with Gasteiger partial charge in [-0.05, 0) is 61.4 Å². The Morgan fingerprint density at radius 1 is 1.16 bits per heavy atom. The summed E-state index contributed by atoms with van der Waals surface area (Å²) >= 11 is 5.68. The van der Waals surface area contributed by atoms with Crippen molar-refractivity contribution in [2.45, 2.75) is 37.9 Å². The van der Waals surface area contributed by atoms with Crippen molar-refractivity contribution in [3.63, 3.8) is 0 Å². The van der Waals surface area contributed by atoms with Gasteiger partial charge in [0.25, 0.3) is 0 Å². The number of alkyl halides is 1. The van der Waals surface area contributed by atoms with E-state index in [9.17, 15) is 4.39 Å². The maximum Gasteiger partial charge on any atom is 0.129 e. The average molecular weight is 339 g/mol. The van der Waals surface area contributed by atoms with E-state index in [1.54, 1.807) is 0 Å². The summed E-state index contributed by atoms with van der Waals surface area (Å²) in [5.74, 6) is -0.0860. The minimum atomic E-state index is -0.0860. The van der Waals surface area contributed by atoms with Gasteiger partial charge in [-0.15, -0.1) is 11.3 Å². The lowest BCUT2D eigenvalue weighted by Gasteiger charge is -2.11. The van der Waals surface area contributed by atoms with Crippen molar-refractivity contribution in [2.75, 3.05) is 0 Å². The standard InChI is InChI=1S/C16H16BrFS/c1-9-6-12(7-10(2)16(9)18)15(17)14-8-11-4-3-5-13(11)19-14/h6-8,15H,3-5H2,1-2H3. The zero-order valence-electron chi connectivity index (χ0n) is 11.1. The van der Waals surface area contributed by atoms with Gasteiger partial charge in [0.05, 0.1) is 4.83 Å². The van der Waals surface area contributed by atoms with Crippen LogP contribution in [0.5, 0.6) is 0 Å². The van der Waals surface area contributed by atoms with E-state index in [0.717, 1.165) is 16.7 Å². The molecule has 19 heavy (non-hydrogen) atoms. The molecule has 2 aromatic rings. The lowest BCUT2D eigenvalue weighted by molar-refractivity contribution is 0.608. The molecule has 0 fully saturated rings. The van der Waals surface area contributed by atoms with Crippen LogP contribution in [0.25, 0.3) is 0 Å². The first-order valence-corrected chi connectivity index (χ1v) is 8.31. The van der Waals surface area contributed by atoms with E-state index in [-0.39, 0.29) is 10.6 Å². The molecule has 1 aliphatic rings. The monoisotopic (exact) mass is 338 g/mol. The van der Waals surface area contributed by atoms with Gasteiger partial charge in [0, 0.05) is 9.75 Å². The number of thiophene rings is 1. The molecule has 1 unspecified atom stereocenters. The summed E-state index contributed by atoms with van der Waals surface area (Å²) in [5.41, 5.74) is 4.11. The topological polar surface area (TPSA) is 0 Å². The van der Waals surface area contributed by atoms with Gasteiger partial charge in [-0.1, -0.05) is 28.1 Å². The summed E-state index contributed by atoms with van der Waals surface area (Å²) in [6, 6.07) is 6.22. The van der Waals surface area contributed by atoms with Gasteiger partial charge in [-0.3, -0.25) is 0 Å². The van der Waals surface area contributed by atoms with E-state index in [2.05, 4.69) is 22.0 Å². The Labute approximate surface area is 125 Å². The van der Waals surface area contributed by atoms with Crippen molar-refractivity contribution in [3.8, 4) is 0 Å². The fourth-order valence-electron chi connectivity index (χ4n) is 2.77. The Bertz CT molecular complexity index is 585. The molecule has 3 heteroatoms. The number of hydrogen-bond acceptors (Lipinski definition) is 1. The number of rotatable bonds is 2. The number of fused-ring (bicyclic) bond motifs is 1. The molecule has 1 atom stereocenters. The van der Waals surface area contributed by atoms with Gasteiger partial charge in [0.1, 0.15) is 5.82 Å². The van der Waals surface area contributed by atoms with Crippen molar-refractivity contribution >= 4 is 27.3 Å². The number of aryl methyl sites for hydroxylation is 4. The molecule has 1 heterocycles.